The number of urea groups is 1. The molecule has 0 spiro atoms. The highest BCUT2D eigenvalue weighted by Crippen LogP contribution is 2.23. The SMILES string of the molecule is CCN1CCN(c2ccc(NC(=O)NCC(C)CCO)c(C)c2)CC1. The number of benzene rings is 1. The molecule has 1 unspecified atom stereocenters. The molecule has 0 bridgehead atoms. The first-order valence-corrected chi connectivity index (χ1v) is 9.27. The number of carbonyl (C=O) groups excluding carboxylic acids is 1. The van der Waals surface area contributed by atoms with Gasteiger partial charge in [0.25, 0.3) is 0 Å². The Hall–Kier alpha value is -1.79. The van der Waals surface area contributed by atoms with E-state index in [2.05, 4.69) is 39.5 Å². The number of amides is 2. The predicted molar refractivity (Wildman–Crippen MR) is 103 cm³/mol. The van der Waals surface area contributed by atoms with E-state index in [9.17, 15) is 4.79 Å². The second-order valence-corrected chi connectivity index (χ2v) is 6.87. The summed E-state index contributed by atoms with van der Waals surface area (Å²) in [6.45, 7) is 12.4. The van der Waals surface area contributed by atoms with Crippen molar-refractivity contribution in [1.82, 2.24) is 10.2 Å². The number of piperazine rings is 1. The van der Waals surface area contributed by atoms with Crippen molar-refractivity contribution >= 4 is 17.4 Å². The molecule has 0 aromatic heterocycles. The zero-order chi connectivity index (χ0) is 18.2. The first kappa shape index (κ1) is 19.5. The molecule has 6 heteroatoms. The molecule has 1 atom stereocenters. The largest absolute Gasteiger partial charge is 0.396 e. The normalized spacial score (nSPS) is 16.6. The summed E-state index contributed by atoms with van der Waals surface area (Å²) in [5.74, 6) is 0.265. The van der Waals surface area contributed by atoms with Gasteiger partial charge in [-0.15, -0.1) is 0 Å². The van der Waals surface area contributed by atoms with E-state index in [0.717, 1.165) is 44.0 Å². The van der Waals surface area contributed by atoms with Crippen molar-refractivity contribution in [3.63, 3.8) is 0 Å². The van der Waals surface area contributed by atoms with Gasteiger partial charge >= 0.3 is 6.03 Å². The van der Waals surface area contributed by atoms with Crippen molar-refractivity contribution in [3.8, 4) is 0 Å². The summed E-state index contributed by atoms with van der Waals surface area (Å²) in [6, 6.07) is 6.01. The van der Waals surface area contributed by atoms with Gasteiger partial charge in [0.2, 0.25) is 0 Å². The van der Waals surface area contributed by atoms with Gasteiger partial charge in [-0.05, 0) is 49.6 Å². The molecule has 1 aromatic carbocycles. The van der Waals surface area contributed by atoms with E-state index in [-0.39, 0.29) is 18.6 Å². The third-order valence-electron chi connectivity index (χ3n) is 4.88. The molecular formula is C19H32N4O2. The topological polar surface area (TPSA) is 67.8 Å². The van der Waals surface area contributed by atoms with E-state index in [1.54, 1.807) is 0 Å². The van der Waals surface area contributed by atoms with Crippen LogP contribution in [-0.2, 0) is 0 Å². The zero-order valence-electron chi connectivity index (χ0n) is 15.7. The molecule has 1 heterocycles. The smallest absolute Gasteiger partial charge is 0.319 e. The van der Waals surface area contributed by atoms with Crippen LogP contribution in [0.2, 0.25) is 0 Å². The van der Waals surface area contributed by atoms with Gasteiger partial charge in [0.15, 0.2) is 0 Å². The van der Waals surface area contributed by atoms with E-state index >= 15 is 0 Å². The van der Waals surface area contributed by atoms with Gasteiger partial charge in [0.05, 0.1) is 0 Å². The molecule has 25 heavy (non-hydrogen) atoms. The Morgan fingerprint density at radius 2 is 2.00 bits per heavy atom. The Bertz CT molecular complexity index is 556. The minimum Gasteiger partial charge on any atom is -0.396 e. The molecule has 3 N–H and O–H groups in total. The molecule has 1 saturated heterocycles. The number of hydrogen-bond acceptors (Lipinski definition) is 4. The van der Waals surface area contributed by atoms with E-state index < -0.39 is 0 Å². The standard InChI is InChI=1S/C19H32N4O2/c1-4-22-8-10-23(11-9-22)17-5-6-18(16(3)13-17)21-19(25)20-14-15(2)7-12-24/h5-6,13,15,24H,4,7-12,14H2,1-3H3,(H2,20,21,25). The number of aliphatic hydroxyl groups excluding tert-OH is 1. The molecule has 2 rings (SSSR count). The Kier molecular flexibility index (Phi) is 7.52. The van der Waals surface area contributed by atoms with Crippen molar-refractivity contribution in [1.29, 1.82) is 0 Å². The zero-order valence-corrected chi connectivity index (χ0v) is 15.7. The van der Waals surface area contributed by atoms with Crippen LogP contribution in [0.5, 0.6) is 0 Å². The molecule has 0 aliphatic carbocycles. The van der Waals surface area contributed by atoms with Crippen LogP contribution < -0.4 is 15.5 Å². The first-order valence-electron chi connectivity index (χ1n) is 9.27. The van der Waals surface area contributed by atoms with E-state index in [1.165, 1.54) is 5.69 Å². The maximum Gasteiger partial charge on any atom is 0.319 e. The Labute approximate surface area is 151 Å². The Morgan fingerprint density at radius 1 is 1.28 bits per heavy atom. The van der Waals surface area contributed by atoms with Crippen LogP contribution in [0.4, 0.5) is 16.2 Å². The monoisotopic (exact) mass is 348 g/mol. The molecule has 140 valence electrons. The number of nitrogens with zero attached hydrogens (tertiary/aromatic N) is 2. The lowest BCUT2D eigenvalue weighted by Crippen LogP contribution is -2.46. The number of aliphatic hydroxyl groups is 1. The highest BCUT2D eigenvalue weighted by Gasteiger charge is 2.16. The van der Waals surface area contributed by atoms with E-state index in [4.69, 9.17) is 5.11 Å². The number of anilines is 2. The number of hydrogen-bond donors (Lipinski definition) is 3. The second kappa shape index (κ2) is 9.63. The molecule has 0 radical (unpaired) electrons. The maximum absolute atomic E-state index is 12.0. The molecule has 1 aliphatic rings. The lowest BCUT2D eigenvalue weighted by Gasteiger charge is -2.35. The number of nitrogens with one attached hydrogen (secondary N) is 2. The van der Waals surface area contributed by atoms with Crippen molar-refractivity contribution in [2.45, 2.75) is 27.2 Å². The molecule has 6 nitrogen and oxygen atoms in total. The summed E-state index contributed by atoms with van der Waals surface area (Å²) in [6.07, 6.45) is 0.694. The van der Waals surface area contributed by atoms with Crippen molar-refractivity contribution in [3.05, 3.63) is 23.8 Å². The van der Waals surface area contributed by atoms with Crippen LogP contribution in [0.1, 0.15) is 25.8 Å². The maximum atomic E-state index is 12.0. The number of carbonyl (C=O) groups is 1. The minimum absolute atomic E-state index is 0.150. The molecule has 2 amide bonds. The average molecular weight is 348 g/mol. The lowest BCUT2D eigenvalue weighted by atomic mass is 10.1. The molecular weight excluding hydrogens is 316 g/mol. The summed E-state index contributed by atoms with van der Waals surface area (Å²) in [4.78, 5) is 16.9. The third kappa shape index (κ3) is 5.90. The fourth-order valence-electron chi connectivity index (χ4n) is 3.06. The van der Waals surface area contributed by atoms with Crippen LogP contribution in [-0.4, -0.2) is 61.9 Å². The number of aryl methyl sites for hydroxylation is 1. The fourth-order valence-corrected chi connectivity index (χ4v) is 3.06. The average Bonchev–Trinajstić information content (AvgIpc) is 2.62. The number of rotatable bonds is 7. The quantitative estimate of drug-likeness (QED) is 0.707. The van der Waals surface area contributed by atoms with Gasteiger partial charge < -0.3 is 25.5 Å². The van der Waals surface area contributed by atoms with Crippen LogP contribution in [0.3, 0.4) is 0 Å². The summed E-state index contributed by atoms with van der Waals surface area (Å²) >= 11 is 0. The molecule has 0 saturated carbocycles. The van der Waals surface area contributed by atoms with Crippen molar-refractivity contribution in [2.24, 2.45) is 5.92 Å². The minimum atomic E-state index is -0.197. The number of likely N-dealkylation sites (N-methyl/N-ethyl adjacent to an activating group) is 1. The van der Waals surface area contributed by atoms with Crippen molar-refractivity contribution in [2.75, 3.05) is 56.1 Å². The van der Waals surface area contributed by atoms with Crippen LogP contribution in [0, 0.1) is 12.8 Å². The summed E-state index contributed by atoms with van der Waals surface area (Å²) in [7, 11) is 0. The van der Waals surface area contributed by atoms with Crippen LogP contribution in [0.15, 0.2) is 18.2 Å². The first-order chi connectivity index (χ1) is 12.0. The summed E-state index contributed by atoms with van der Waals surface area (Å²) < 4.78 is 0. The molecule has 1 aromatic rings. The van der Waals surface area contributed by atoms with Crippen molar-refractivity contribution < 1.29 is 9.90 Å². The summed E-state index contributed by atoms with van der Waals surface area (Å²) in [5, 5.41) is 14.7. The fraction of sp³-hybridized carbons (Fsp3) is 0.632. The third-order valence-corrected chi connectivity index (χ3v) is 4.88. The molecule has 1 fully saturated rings. The highest BCUT2D eigenvalue weighted by molar-refractivity contribution is 5.90. The van der Waals surface area contributed by atoms with Gasteiger partial charge in [-0.3, -0.25) is 0 Å². The summed E-state index contributed by atoms with van der Waals surface area (Å²) in [5.41, 5.74) is 3.12. The van der Waals surface area contributed by atoms with Gasteiger partial charge in [0.1, 0.15) is 0 Å². The Balaban J connectivity index is 1.88. The highest BCUT2D eigenvalue weighted by atomic mass is 16.3. The van der Waals surface area contributed by atoms with E-state index in [0.29, 0.717) is 13.0 Å². The van der Waals surface area contributed by atoms with Gasteiger partial charge in [-0.1, -0.05) is 13.8 Å². The Morgan fingerprint density at radius 3 is 2.60 bits per heavy atom. The second-order valence-electron chi connectivity index (χ2n) is 6.87. The molecule has 1 aliphatic heterocycles. The van der Waals surface area contributed by atoms with E-state index in [1.807, 2.05) is 19.9 Å². The predicted octanol–water partition coefficient (Wildman–Crippen LogP) is 2.28. The van der Waals surface area contributed by atoms with Crippen LogP contribution >= 0.6 is 0 Å². The van der Waals surface area contributed by atoms with Gasteiger partial charge in [-0.2, -0.15) is 0 Å². The van der Waals surface area contributed by atoms with Gasteiger partial charge in [-0.25, -0.2) is 4.79 Å². The van der Waals surface area contributed by atoms with Crippen LogP contribution in [0.25, 0.3) is 0 Å². The lowest BCUT2D eigenvalue weighted by molar-refractivity contribution is 0.243. The van der Waals surface area contributed by atoms with Gasteiger partial charge in [0, 0.05) is 50.7 Å².